The monoisotopic (exact) mass is 249 g/mol. The molecule has 2 nitrogen and oxygen atoms in total. The Bertz CT molecular complexity index is 338. The minimum Gasteiger partial charge on any atom is -0.493 e. The van der Waals surface area contributed by atoms with E-state index in [-0.39, 0.29) is 6.04 Å². The van der Waals surface area contributed by atoms with Gasteiger partial charge in [-0.1, -0.05) is 45.4 Å². The van der Waals surface area contributed by atoms with Crippen LogP contribution in [-0.4, -0.2) is 12.6 Å². The number of nitrogens with two attached hydrogens (primary N) is 1. The first kappa shape index (κ1) is 15.0. The minimum absolute atomic E-state index is 0.225. The Balaban J connectivity index is 2.58. The molecule has 0 aliphatic carbocycles. The SMILES string of the molecule is CCCC(C)COc1ccccc1CC(N)CC. The van der Waals surface area contributed by atoms with Crippen molar-refractivity contribution in [3.63, 3.8) is 0 Å². The average molecular weight is 249 g/mol. The van der Waals surface area contributed by atoms with Gasteiger partial charge >= 0.3 is 0 Å². The van der Waals surface area contributed by atoms with Crippen molar-refractivity contribution in [2.75, 3.05) is 6.61 Å². The van der Waals surface area contributed by atoms with Crippen LogP contribution in [0.3, 0.4) is 0 Å². The average Bonchev–Trinajstić information content (AvgIpc) is 2.38. The van der Waals surface area contributed by atoms with Gasteiger partial charge in [-0.2, -0.15) is 0 Å². The minimum atomic E-state index is 0.225. The third-order valence-corrected chi connectivity index (χ3v) is 3.28. The summed E-state index contributed by atoms with van der Waals surface area (Å²) < 4.78 is 5.94. The van der Waals surface area contributed by atoms with Crippen LogP contribution in [0.2, 0.25) is 0 Å². The van der Waals surface area contributed by atoms with Gasteiger partial charge in [-0.15, -0.1) is 0 Å². The number of hydrogen-bond acceptors (Lipinski definition) is 2. The summed E-state index contributed by atoms with van der Waals surface area (Å²) in [5, 5.41) is 0. The van der Waals surface area contributed by atoms with Crippen LogP contribution in [-0.2, 0) is 6.42 Å². The summed E-state index contributed by atoms with van der Waals surface area (Å²) in [6.07, 6.45) is 4.33. The lowest BCUT2D eigenvalue weighted by molar-refractivity contribution is 0.249. The molecule has 0 aliphatic heterocycles. The van der Waals surface area contributed by atoms with Crippen LogP contribution in [0.4, 0.5) is 0 Å². The highest BCUT2D eigenvalue weighted by Crippen LogP contribution is 2.21. The summed E-state index contributed by atoms with van der Waals surface area (Å²) >= 11 is 0. The molecule has 0 bridgehead atoms. The molecular weight excluding hydrogens is 222 g/mol. The van der Waals surface area contributed by atoms with Crippen LogP contribution in [0.15, 0.2) is 24.3 Å². The topological polar surface area (TPSA) is 35.2 Å². The molecule has 0 radical (unpaired) electrons. The number of rotatable bonds is 8. The fraction of sp³-hybridized carbons (Fsp3) is 0.625. The predicted octanol–water partition coefficient (Wildman–Crippen LogP) is 3.78. The molecule has 2 atom stereocenters. The van der Waals surface area contributed by atoms with Crippen molar-refractivity contribution >= 4 is 0 Å². The maximum Gasteiger partial charge on any atom is 0.122 e. The number of para-hydroxylation sites is 1. The van der Waals surface area contributed by atoms with Gasteiger partial charge in [0.25, 0.3) is 0 Å². The number of benzene rings is 1. The molecule has 0 saturated carbocycles. The second-order valence-corrected chi connectivity index (χ2v) is 5.19. The second-order valence-electron chi connectivity index (χ2n) is 5.19. The Hall–Kier alpha value is -1.02. The van der Waals surface area contributed by atoms with Crippen LogP contribution in [0.25, 0.3) is 0 Å². The predicted molar refractivity (Wildman–Crippen MR) is 78.0 cm³/mol. The van der Waals surface area contributed by atoms with E-state index in [2.05, 4.69) is 39.0 Å². The zero-order valence-corrected chi connectivity index (χ0v) is 12.0. The summed E-state index contributed by atoms with van der Waals surface area (Å²) in [6.45, 7) is 7.37. The van der Waals surface area contributed by atoms with Crippen molar-refractivity contribution in [1.29, 1.82) is 0 Å². The van der Waals surface area contributed by atoms with E-state index >= 15 is 0 Å². The molecule has 2 N–H and O–H groups in total. The molecule has 1 rings (SSSR count). The summed E-state index contributed by atoms with van der Waals surface area (Å²) in [6, 6.07) is 8.48. The molecule has 2 unspecified atom stereocenters. The largest absolute Gasteiger partial charge is 0.493 e. The van der Waals surface area contributed by atoms with E-state index in [9.17, 15) is 0 Å². The van der Waals surface area contributed by atoms with Gasteiger partial charge in [0.2, 0.25) is 0 Å². The third kappa shape index (κ3) is 5.09. The molecular formula is C16H27NO. The lowest BCUT2D eigenvalue weighted by Gasteiger charge is -2.16. The highest BCUT2D eigenvalue weighted by Gasteiger charge is 2.08. The maximum absolute atomic E-state index is 6.02. The molecule has 18 heavy (non-hydrogen) atoms. The van der Waals surface area contributed by atoms with Crippen LogP contribution in [0.5, 0.6) is 5.75 Å². The molecule has 0 aromatic heterocycles. The molecule has 102 valence electrons. The fourth-order valence-corrected chi connectivity index (χ4v) is 2.05. The molecule has 0 saturated heterocycles. The van der Waals surface area contributed by atoms with Crippen molar-refractivity contribution in [2.24, 2.45) is 11.7 Å². The van der Waals surface area contributed by atoms with Gasteiger partial charge in [-0.3, -0.25) is 0 Å². The first-order valence-electron chi connectivity index (χ1n) is 7.13. The van der Waals surface area contributed by atoms with Crippen LogP contribution in [0.1, 0.15) is 45.6 Å². The third-order valence-electron chi connectivity index (χ3n) is 3.28. The van der Waals surface area contributed by atoms with Gasteiger partial charge < -0.3 is 10.5 Å². The molecule has 1 aromatic carbocycles. The van der Waals surface area contributed by atoms with Crippen LogP contribution < -0.4 is 10.5 Å². The van der Waals surface area contributed by atoms with Crippen LogP contribution >= 0.6 is 0 Å². The van der Waals surface area contributed by atoms with E-state index in [1.165, 1.54) is 18.4 Å². The van der Waals surface area contributed by atoms with Gasteiger partial charge in [0, 0.05) is 6.04 Å². The summed E-state index contributed by atoms with van der Waals surface area (Å²) in [5.41, 5.74) is 7.25. The van der Waals surface area contributed by atoms with E-state index in [0.29, 0.717) is 5.92 Å². The maximum atomic E-state index is 6.02. The van der Waals surface area contributed by atoms with Crippen molar-refractivity contribution in [3.8, 4) is 5.75 Å². The van der Waals surface area contributed by atoms with Crippen molar-refractivity contribution < 1.29 is 4.74 Å². The summed E-state index contributed by atoms with van der Waals surface area (Å²) in [7, 11) is 0. The van der Waals surface area contributed by atoms with Crippen LogP contribution in [0, 0.1) is 5.92 Å². The summed E-state index contributed by atoms with van der Waals surface area (Å²) in [4.78, 5) is 0. The molecule has 0 fully saturated rings. The van der Waals surface area contributed by atoms with Gasteiger partial charge in [0.05, 0.1) is 6.61 Å². The standard InChI is InChI=1S/C16H27NO/c1-4-8-13(3)12-18-16-10-7-6-9-14(16)11-15(17)5-2/h6-7,9-10,13,15H,4-5,8,11-12,17H2,1-3H3. The normalized spacial score (nSPS) is 14.2. The molecule has 2 heteroatoms. The fourth-order valence-electron chi connectivity index (χ4n) is 2.05. The molecule has 0 spiro atoms. The van der Waals surface area contributed by atoms with E-state index in [1.807, 2.05) is 6.07 Å². The Morgan fingerprint density at radius 2 is 1.94 bits per heavy atom. The van der Waals surface area contributed by atoms with E-state index in [1.54, 1.807) is 0 Å². The van der Waals surface area contributed by atoms with Gasteiger partial charge in [-0.05, 0) is 36.8 Å². The van der Waals surface area contributed by atoms with Gasteiger partial charge in [0.15, 0.2) is 0 Å². The van der Waals surface area contributed by atoms with Crippen molar-refractivity contribution in [2.45, 2.75) is 52.5 Å². The van der Waals surface area contributed by atoms with Gasteiger partial charge in [0.1, 0.15) is 5.75 Å². The molecule has 0 heterocycles. The summed E-state index contributed by atoms with van der Waals surface area (Å²) in [5.74, 6) is 1.62. The Labute approximate surface area is 112 Å². The lowest BCUT2D eigenvalue weighted by atomic mass is 10.0. The first-order valence-corrected chi connectivity index (χ1v) is 7.13. The molecule has 0 aliphatic rings. The van der Waals surface area contributed by atoms with E-state index in [4.69, 9.17) is 10.5 Å². The zero-order chi connectivity index (χ0) is 13.4. The molecule has 1 aromatic rings. The Kier molecular flexibility index (Phi) is 6.81. The number of ether oxygens (including phenoxy) is 1. The zero-order valence-electron chi connectivity index (χ0n) is 12.0. The number of hydrogen-bond donors (Lipinski definition) is 1. The first-order chi connectivity index (χ1) is 8.67. The Morgan fingerprint density at radius 1 is 1.22 bits per heavy atom. The Morgan fingerprint density at radius 3 is 2.61 bits per heavy atom. The smallest absolute Gasteiger partial charge is 0.122 e. The van der Waals surface area contributed by atoms with E-state index in [0.717, 1.165) is 25.2 Å². The van der Waals surface area contributed by atoms with Crippen molar-refractivity contribution in [1.82, 2.24) is 0 Å². The highest BCUT2D eigenvalue weighted by molar-refractivity contribution is 5.33. The lowest BCUT2D eigenvalue weighted by Crippen LogP contribution is -2.22. The quantitative estimate of drug-likeness (QED) is 0.761. The molecule has 0 amide bonds. The van der Waals surface area contributed by atoms with Crippen molar-refractivity contribution in [3.05, 3.63) is 29.8 Å². The van der Waals surface area contributed by atoms with Gasteiger partial charge in [-0.25, -0.2) is 0 Å². The second kappa shape index (κ2) is 8.15. The van der Waals surface area contributed by atoms with E-state index < -0.39 is 0 Å². The highest BCUT2D eigenvalue weighted by atomic mass is 16.5.